The first kappa shape index (κ1) is 32.8. The molecule has 0 amide bonds. The van der Waals surface area contributed by atoms with Gasteiger partial charge in [0, 0.05) is 23.9 Å². The molecule has 0 aliphatic heterocycles. The van der Waals surface area contributed by atoms with Crippen LogP contribution in [0.15, 0.2) is 72.8 Å². The van der Waals surface area contributed by atoms with Gasteiger partial charge in [-0.1, -0.05) is 12.1 Å². The minimum Gasteiger partial charge on any atom is -0.494 e. The van der Waals surface area contributed by atoms with Crippen LogP contribution in [0.25, 0.3) is 6.08 Å². The van der Waals surface area contributed by atoms with E-state index in [1.165, 1.54) is 48.6 Å². The summed E-state index contributed by atoms with van der Waals surface area (Å²) in [5, 5.41) is 0. The molecule has 0 unspecified atom stereocenters. The Balaban J connectivity index is 1.46. The van der Waals surface area contributed by atoms with Crippen molar-refractivity contribution < 1.29 is 54.5 Å². The number of carbonyl (C=O) groups excluding carboxylic acids is 2. The van der Waals surface area contributed by atoms with Crippen molar-refractivity contribution in [2.24, 2.45) is 0 Å². The molecule has 0 heterocycles. The minimum atomic E-state index is -6.12. The highest BCUT2D eigenvalue weighted by molar-refractivity contribution is 5.91. The molecule has 0 saturated carbocycles. The van der Waals surface area contributed by atoms with Gasteiger partial charge in [-0.05, 0) is 78.2 Å². The van der Waals surface area contributed by atoms with Crippen molar-refractivity contribution in [2.75, 3.05) is 18.1 Å². The fourth-order valence-electron chi connectivity index (χ4n) is 3.65. The third kappa shape index (κ3) is 9.12. The smallest absolute Gasteiger partial charge is 0.431 e. The van der Waals surface area contributed by atoms with Crippen molar-refractivity contribution in [2.45, 2.75) is 37.5 Å². The second kappa shape index (κ2) is 13.5. The second-order valence-electron chi connectivity index (χ2n) is 9.18. The average Bonchev–Trinajstić information content (AvgIpc) is 2.92. The Morgan fingerprint density at radius 3 is 1.88 bits per heavy atom. The molecule has 230 valence electrons. The van der Waals surface area contributed by atoms with Crippen LogP contribution in [0.3, 0.4) is 0 Å². The van der Waals surface area contributed by atoms with E-state index in [1.807, 2.05) is 0 Å². The molecule has 3 aromatic carbocycles. The Kier molecular flexibility index (Phi) is 10.3. The number of anilines is 2. The molecule has 3 rings (SSSR count). The monoisotopic (exact) mass is 614 g/mol. The van der Waals surface area contributed by atoms with Crippen LogP contribution in [-0.2, 0) is 16.1 Å². The first-order chi connectivity index (χ1) is 20.1. The highest BCUT2D eigenvalue weighted by atomic mass is 19.4. The molecule has 7 nitrogen and oxygen atoms in total. The number of alkyl halides is 7. The van der Waals surface area contributed by atoms with Gasteiger partial charge in [-0.15, -0.1) is 0 Å². The molecule has 0 spiro atoms. The Hall–Kier alpha value is -4.75. The van der Waals surface area contributed by atoms with Gasteiger partial charge in [0.25, 0.3) is 5.67 Å². The zero-order valence-electron chi connectivity index (χ0n) is 22.2. The molecule has 0 aliphatic carbocycles. The van der Waals surface area contributed by atoms with Gasteiger partial charge in [-0.25, -0.2) is 14.0 Å². The molecular formula is C29H25F7N2O5. The van der Waals surface area contributed by atoms with Crippen molar-refractivity contribution in [1.82, 2.24) is 0 Å². The van der Waals surface area contributed by atoms with Crippen molar-refractivity contribution in [1.29, 1.82) is 0 Å². The Bertz CT molecular complexity index is 1400. The third-order valence-electron chi connectivity index (χ3n) is 5.84. The lowest BCUT2D eigenvalue weighted by molar-refractivity contribution is -0.343. The molecule has 0 aliphatic rings. The first-order valence-corrected chi connectivity index (χ1v) is 12.4. The van der Waals surface area contributed by atoms with Crippen LogP contribution in [0, 0.1) is 0 Å². The number of rotatable bonds is 11. The van der Waals surface area contributed by atoms with E-state index in [9.17, 15) is 40.3 Å². The van der Waals surface area contributed by atoms with Gasteiger partial charge in [0.15, 0.2) is 0 Å². The zero-order valence-corrected chi connectivity index (χ0v) is 22.2. The van der Waals surface area contributed by atoms with Gasteiger partial charge in [-0.3, -0.25) is 0 Å². The van der Waals surface area contributed by atoms with Crippen LogP contribution in [-0.4, -0.2) is 36.6 Å². The molecule has 0 fully saturated rings. The van der Waals surface area contributed by atoms with Crippen LogP contribution in [0.5, 0.6) is 11.5 Å². The SMILES string of the molecule is Nc1cc(N)cc(COC(=O)C=Cc2ccc(OC(=O)c3ccc(OCCCC(F)(C(F)(F)F)C(F)(F)F)cc3)cc2)c1. The van der Waals surface area contributed by atoms with E-state index in [1.54, 1.807) is 30.3 Å². The van der Waals surface area contributed by atoms with E-state index in [0.717, 1.165) is 0 Å². The lowest BCUT2D eigenvalue weighted by atomic mass is 9.98. The third-order valence-corrected chi connectivity index (χ3v) is 5.84. The second-order valence-corrected chi connectivity index (χ2v) is 9.18. The molecule has 3 aromatic rings. The van der Waals surface area contributed by atoms with E-state index < -0.39 is 49.4 Å². The van der Waals surface area contributed by atoms with Gasteiger partial charge in [0.05, 0.1) is 12.2 Å². The number of hydrogen-bond acceptors (Lipinski definition) is 7. The number of benzene rings is 3. The zero-order chi connectivity index (χ0) is 31.8. The summed E-state index contributed by atoms with van der Waals surface area (Å²) in [5.41, 5.74) is 8.24. The summed E-state index contributed by atoms with van der Waals surface area (Å²) in [4.78, 5) is 24.4. The van der Waals surface area contributed by atoms with Crippen molar-refractivity contribution in [3.05, 3.63) is 89.5 Å². The number of nitrogen functional groups attached to an aromatic ring is 2. The summed E-state index contributed by atoms with van der Waals surface area (Å²) in [7, 11) is 0. The summed E-state index contributed by atoms with van der Waals surface area (Å²) < 4.78 is 105. The fraction of sp³-hybridized carbons (Fsp3) is 0.241. The van der Waals surface area contributed by atoms with Crippen molar-refractivity contribution in [3.63, 3.8) is 0 Å². The summed E-state index contributed by atoms with van der Waals surface area (Å²) >= 11 is 0. The van der Waals surface area contributed by atoms with Crippen LogP contribution < -0.4 is 20.9 Å². The summed E-state index contributed by atoms with van der Waals surface area (Å²) in [5.74, 6) is -1.17. The summed E-state index contributed by atoms with van der Waals surface area (Å²) in [6.45, 7) is -0.651. The molecule has 0 aromatic heterocycles. The van der Waals surface area contributed by atoms with E-state index in [-0.39, 0.29) is 23.7 Å². The van der Waals surface area contributed by atoms with Crippen molar-refractivity contribution in [3.8, 4) is 11.5 Å². The van der Waals surface area contributed by atoms with Crippen LogP contribution >= 0.6 is 0 Å². The van der Waals surface area contributed by atoms with Crippen LogP contribution in [0.2, 0.25) is 0 Å². The number of ether oxygens (including phenoxy) is 3. The number of hydrogen-bond donors (Lipinski definition) is 2. The lowest BCUT2D eigenvalue weighted by Crippen LogP contribution is -2.53. The number of halogens is 7. The van der Waals surface area contributed by atoms with Crippen molar-refractivity contribution >= 4 is 29.4 Å². The molecule has 14 heteroatoms. The standard InChI is InChI=1S/C29H25F7N2O5/c30-27(28(31,32)33,29(34,35)36)12-1-13-41-23-9-5-20(6-10-23)26(40)43-24-7-2-18(3-8-24)4-11-25(39)42-17-19-14-21(37)16-22(38)15-19/h2-11,14-16H,1,12-13,17,37-38H2. The molecular weight excluding hydrogens is 589 g/mol. The van der Waals surface area contributed by atoms with Gasteiger partial charge in [-0.2, -0.15) is 26.3 Å². The molecule has 0 saturated heterocycles. The van der Waals surface area contributed by atoms with E-state index in [0.29, 0.717) is 22.5 Å². The van der Waals surface area contributed by atoms with Gasteiger partial charge in [0.2, 0.25) is 0 Å². The number of carbonyl (C=O) groups is 2. The Morgan fingerprint density at radius 2 is 1.33 bits per heavy atom. The average molecular weight is 615 g/mol. The largest absolute Gasteiger partial charge is 0.494 e. The highest BCUT2D eigenvalue weighted by Crippen LogP contribution is 2.48. The Labute approximate surface area is 240 Å². The number of esters is 2. The van der Waals surface area contributed by atoms with Crippen LogP contribution in [0.4, 0.5) is 42.1 Å². The summed E-state index contributed by atoms with van der Waals surface area (Å²) in [6.07, 6.45) is -12.3. The van der Waals surface area contributed by atoms with E-state index >= 15 is 0 Å². The summed E-state index contributed by atoms with van der Waals surface area (Å²) in [6, 6.07) is 16.0. The predicted octanol–water partition coefficient (Wildman–Crippen LogP) is 6.82. The first-order valence-electron chi connectivity index (χ1n) is 12.4. The van der Waals surface area contributed by atoms with Gasteiger partial charge < -0.3 is 25.7 Å². The Morgan fingerprint density at radius 1 is 0.767 bits per heavy atom. The highest BCUT2D eigenvalue weighted by Gasteiger charge is 2.71. The van der Waals surface area contributed by atoms with Crippen LogP contribution in [0.1, 0.15) is 34.3 Å². The predicted molar refractivity (Wildman–Crippen MR) is 143 cm³/mol. The normalized spacial score (nSPS) is 12.3. The molecule has 0 radical (unpaired) electrons. The molecule has 43 heavy (non-hydrogen) atoms. The van der Waals surface area contributed by atoms with Gasteiger partial charge >= 0.3 is 24.3 Å². The fourth-order valence-corrected chi connectivity index (χ4v) is 3.65. The maximum Gasteiger partial charge on any atom is 0.431 e. The van der Waals surface area contributed by atoms with E-state index in [4.69, 9.17) is 25.7 Å². The van der Waals surface area contributed by atoms with E-state index in [2.05, 4.69) is 0 Å². The molecule has 0 bridgehead atoms. The molecule has 4 N–H and O–H groups in total. The lowest BCUT2D eigenvalue weighted by Gasteiger charge is -2.29. The maximum atomic E-state index is 13.7. The maximum absolute atomic E-state index is 13.7. The molecule has 0 atom stereocenters. The van der Waals surface area contributed by atoms with Gasteiger partial charge in [0.1, 0.15) is 18.1 Å². The topological polar surface area (TPSA) is 114 Å². The quantitative estimate of drug-likeness (QED) is 0.0609. The number of nitrogens with two attached hydrogens (primary N) is 2. The minimum absolute atomic E-state index is 0.0237.